The van der Waals surface area contributed by atoms with Crippen LogP contribution in [-0.2, 0) is 28.9 Å². The molecule has 0 fully saturated rings. The van der Waals surface area contributed by atoms with Crippen LogP contribution in [-0.4, -0.2) is 18.8 Å². The third-order valence-electron chi connectivity index (χ3n) is 4.83. The summed E-state index contributed by atoms with van der Waals surface area (Å²) < 4.78 is 7.45. The van der Waals surface area contributed by atoms with Crippen LogP contribution in [0.15, 0.2) is 77.9 Å². The number of hydrogen-bond donors (Lipinski definition) is 1. The number of hydrogen-bond acceptors (Lipinski definition) is 4. The van der Waals surface area contributed by atoms with Crippen LogP contribution in [0.25, 0.3) is 0 Å². The molecule has 1 amide bonds. The van der Waals surface area contributed by atoms with E-state index in [-0.39, 0.29) is 0 Å². The zero-order chi connectivity index (χ0) is 21.9. The molecule has 3 rings (SSSR count). The molecule has 3 aromatic rings. The SMILES string of the molecule is CCCc1cccc[n+]1CCOC(=O)Nc1ccc(Cc2ccc(N=C=O)cc2)cc1. The van der Waals surface area contributed by atoms with E-state index in [0.717, 1.165) is 30.4 Å². The molecule has 158 valence electrons. The van der Waals surface area contributed by atoms with Crippen molar-refractivity contribution in [3.8, 4) is 0 Å². The zero-order valence-electron chi connectivity index (χ0n) is 17.6. The van der Waals surface area contributed by atoms with Gasteiger partial charge in [0.25, 0.3) is 0 Å². The van der Waals surface area contributed by atoms with Gasteiger partial charge >= 0.3 is 6.09 Å². The second kappa shape index (κ2) is 11.4. The normalized spacial score (nSPS) is 10.2. The monoisotopic (exact) mass is 416 g/mol. The number of carbonyl (C=O) groups is 1. The highest BCUT2D eigenvalue weighted by molar-refractivity contribution is 5.84. The van der Waals surface area contributed by atoms with E-state index >= 15 is 0 Å². The van der Waals surface area contributed by atoms with Crippen LogP contribution in [0.5, 0.6) is 0 Å². The second-order valence-corrected chi connectivity index (χ2v) is 7.14. The lowest BCUT2D eigenvalue weighted by Gasteiger charge is -2.08. The number of aryl methyl sites for hydroxylation is 1. The predicted molar refractivity (Wildman–Crippen MR) is 119 cm³/mol. The van der Waals surface area contributed by atoms with Crippen molar-refractivity contribution >= 4 is 23.5 Å². The lowest BCUT2D eigenvalue weighted by molar-refractivity contribution is -0.705. The molecule has 0 aliphatic rings. The van der Waals surface area contributed by atoms with Gasteiger partial charge in [-0.15, -0.1) is 0 Å². The van der Waals surface area contributed by atoms with E-state index in [0.29, 0.717) is 24.5 Å². The number of benzene rings is 2. The highest BCUT2D eigenvalue weighted by Crippen LogP contribution is 2.17. The Morgan fingerprint density at radius 2 is 1.74 bits per heavy atom. The molecule has 1 N–H and O–H groups in total. The van der Waals surface area contributed by atoms with Crippen molar-refractivity contribution in [3.05, 3.63) is 89.7 Å². The topological polar surface area (TPSA) is 71.6 Å². The van der Waals surface area contributed by atoms with Crippen molar-refractivity contribution in [1.82, 2.24) is 0 Å². The highest BCUT2D eigenvalue weighted by Gasteiger charge is 2.10. The molecule has 0 bridgehead atoms. The molecule has 0 unspecified atom stereocenters. The molecule has 6 nitrogen and oxygen atoms in total. The van der Waals surface area contributed by atoms with Crippen LogP contribution < -0.4 is 9.88 Å². The average molecular weight is 417 g/mol. The van der Waals surface area contributed by atoms with Crippen molar-refractivity contribution in [3.63, 3.8) is 0 Å². The number of ether oxygens (including phenoxy) is 1. The molecule has 0 aliphatic carbocycles. The van der Waals surface area contributed by atoms with Crippen LogP contribution in [0.3, 0.4) is 0 Å². The first-order valence-electron chi connectivity index (χ1n) is 10.3. The molecule has 0 saturated carbocycles. The van der Waals surface area contributed by atoms with Gasteiger partial charge in [-0.05, 0) is 48.2 Å². The van der Waals surface area contributed by atoms with Gasteiger partial charge in [0.15, 0.2) is 25.0 Å². The summed E-state index contributed by atoms with van der Waals surface area (Å²) in [6.45, 7) is 3.08. The number of aliphatic imine (C=N–C) groups is 1. The van der Waals surface area contributed by atoms with Gasteiger partial charge in [0.05, 0.1) is 5.69 Å². The van der Waals surface area contributed by atoms with Gasteiger partial charge in [-0.25, -0.2) is 9.59 Å². The molecule has 31 heavy (non-hydrogen) atoms. The van der Waals surface area contributed by atoms with Crippen molar-refractivity contribution in [2.45, 2.75) is 32.7 Å². The molecule has 1 heterocycles. The standard InChI is InChI=1S/C25H25N3O3/c1-2-5-24-6-3-4-15-28(24)16-17-31-25(30)27-23-13-9-21(10-14-23)18-20-7-11-22(12-8-20)26-19-29/h3-4,6-15H,2,5,16-18H2,1H3/p+1. The largest absolute Gasteiger partial charge is 0.443 e. The number of rotatable bonds is 9. The Hall–Kier alpha value is -3.76. The molecule has 1 aromatic heterocycles. The predicted octanol–water partition coefficient (Wildman–Crippen LogP) is 4.73. The van der Waals surface area contributed by atoms with Gasteiger partial charge in [0.1, 0.15) is 0 Å². The molecular formula is C25H26N3O3+. The average Bonchev–Trinajstić information content (AvgIpc) is 2.78. The molecule has 0 spiro atoms. The van der Waals surface area contributed by atoms with Crippen LogP contribution in [0.1, 0.15) is 30.2 Å². The number of aromatic nitrogens is 1. The number of nitrogens with zero attached hydrogens (tertiary/aromatic N) is 2. The van der Waals surface area contributed by atoms with Crippen LogP contribution in [0, 0.1) is 0 Å². The van der Waals surface area contributed by atoms with E-state index in [1.165, 1.54) is 11.8 Å². The first-order chi connectivity index (χ1) is 15.2. The summed E-state index contributed by atoms with van der Waals surface area (Å²) in [5.74, 6) is 0. The highest BCUT2D eigenvalue weighted by atomic mass is 16.5. The minimum Gasteiger partial charge on any atom is -0.443 e. The Labute approximate surface area is 182 Å². The van der Waals surface area contributed by atoms with Crippen molar-refractivity contribution < 1.29 is 18.9 Å². The van der Waals surface area contributed by atoms with Gasteiger partial charge < -0.3 is 4.74 Å². The van der Waals surface area contributed by atoms with E-state index < -0.39 is 6.09 Å². The maximum absolute atomic E-state index is 12.1. The fourth-order valence-electron chi connectivity index (χ4n) is 3.29. The summed E-state index contributed by atoms with van der Waals surface area (Å²) in [6.07, 6.45) is 5.88. The quantitative estimate of drug-likeness (QED) is 0.311. The first-order valence-corrected chi connectivity index (χ1v) is 10.3. The summed E-state index contributed by atoms with van der Waals surface area (Å²) in [4.78, 5) is 26.0. The van der Waals surface area contributed by atoms with Crippen molar-refractivity contribution in [2.75, 3.05) is 11.9 Å². The van der Waals surface area contributed by atoms with E-state index in [1.54, 1.807) is 12.1 Å². The third kappa shape index (κ3) is 6.91. The lowest BCUT2D eigenvalue weighted by atomic mass is 10.0. The molecule has 0 radical (unpaired) electrons. The molecule has 0 atom stereocenters. The summed E-state index contributed by atoms with van der Waals surface area (Å²) in [5, 5.41) is 2.76. The lowest BCUT2D eigenvalue weighted by Crippen LogP contribution is -2.40. The number of pyridine rings is 1. The maximum atomic E-state index is 12.1. The smallest absolute Gasteiger partial charge is 0.411 e. The molecule has 0 aliphatic heterocycles. The van der Waals surface area contributed by atoms with Crippen molar-refractivity contribution in [2.24, 2.45) is 4.99 Å². The van der Waals surface area contributed by atoms with E-state index in [2.05, 4.69) is 27.9 Å². The Morgan fingerprint density at radius 3 is 2.42 bits per heavy atom. The van der Waals surface area contributed by atoms with Gasteiger partial charge in [-0.1, -0.05) is 37.3 Å². The first kappa shape index (κ1) is 21.9. The Bertz CT molecular complexity index is 1040. The van der Waals surface area contributed by atoms with E-state index in [9.17, 15) is 9.59 Å². The number of isocyanates is 1. The van der Waals surface area contributed by atoms with Crippen LogP contribution >= 0.6 is 0 Å². The summed E-state index contributed by atoms with van der Waals surface area (Å²) in [5.41, 5.74) is 4.71. The van der Waals surface area contributed by atoms with Gasteiger partial charge in [0.2, 0.25) is 6.08 Å². The number of amides is 1. The number of anilines is 1. The maximum Gasteiger partial charge on any atom is 0.411 e. The zero-order valence-corrected chi connectivity index (χ0v) is 17.6. The Kier molecular flexibility index (Phi) is 8.09. The minimum absolute atomic E-state index is 0.305. The molecule has 6 heteroatoms. The summed E-state index contributed by atoms with van der Waals surface area (Å²) >= 11 is 0. The van der Waals surface area contributed by atoms with Gasteiger partial charge in [-0.2, -0.15) is 9.56 Å². The molecule has 2 aromatic carbocycles. The summed E-state index contributed by atoms with van der Waals surface area (Å²) in [6, 6.07) is 21.2. The van der Waals surface area contributed by atoms with Crippen LogP contribution in [0.4, 0.5) is 16.2 Å². The number of carbonyl (C=O) groups excluding carboxylic acids is 2. The summed E-state index contributed by atoms with van der Waals surface area (Å²) in [7, 11) is 0. The van der Waals surface area contributed by atoms with Crippen LogP contribution in [0.2, 0.25) is 0 Å². The van der Waals surface area contributed by atoms with E-state index in [4.69, 9.17) is 4.74 Å². The minimum atomic E-state index is -0.465. The third-order valence-corrected chi connectivity index (χ3v) is 4.83. The second-order valence-electron chi connectivity index (χ2n) is 7.14. The molecular weight excluding hydrogens is 390 g/mol. The van der Waals surface area contributed by atoms with Crippen molar-refractivity contribution in [1.29, 1.82) is 0 Å². The number of nitrogens with one attached hydrogen (secondary N) is 1. The van der Waals surface area contributed by atoms with E-state index in [1.807, 2.05) is 54.7 Å². The molecule has 0 saturated heterocycles. The van der Waals surface area contributed by atoms with Gasteiger partial charge in [0, 0.05) is 24.2 Å². The fourth-order valence-corrected chi connectivity index (χ4v) is 3.29. The Morgan fingerprint density at radius 1 is 1.03 bits per heavy atom. The van der Waals surface area contributed by atoms with Gasteiger partial charge in [-0.3, -0.25) is 5.32 Å². The fraction of sp³-hybridized carbons (Fsp3) is 0.240. The Balaban J connectivity index is 1.47.